The number of hydrogen-bond donors (Lipinski definition) is 1. The molecular formula is C10H14IN. The fraction of sp³-hybridized carbons (Fsp3) is 0.400. The van der Waals surface area contributed by atoms with Crippen molar-refractivity contribution < 1.29 is 0 Å². The van der Waals surface area contributed by atoms with E-state index in [2.05, 4.69) is 59.1 Å². The van der Waals surface area contributed by atoms with Crippen molar-refractivity contribution in [1.29, 1.82) is 0 Å². The lowest BCUT2D eigenvalue weighted by Crippen LogP contribution is -2.23. The van der Waals surface area contributed by atoms with Crippen LogP contribution in [-0.2, 0) is 6.42 Å². The Morgan fingerprint density at radius 1 is 1.33 bits per heavy atom. The summed E-state index contributed by atoms with van der Waals surface area (Å²) in [6.45, 7) is 2.19. The number of nitrogens with one attached hydrogen (secondary N) is 1. The number of halogens is 1. The van der Waals surface area contributed by atoms with Gasteiger partial charge in [0.1, 0.15) is 0 Å². The topological polar surface area (TPSA) is 12.0 Å². The normalized spacial score (nSPS) is 12.9. The van der Waals surface area contributed by atoms with Crippen LogP contribution in [-0.4, -0.2) is 13.1 Å². The van der Waals surface area contributed by atoms with Gasteiger partial charge in [0.2, 0.25) is 0 Å². The average Bonchev–Trinajstić information content (AvgIpc) is 2.09. The van der Waals surface area contributed by atoms with Gasteiger partial charge in [-0.15, -0.1) is 0 Å². The minimum absolute atomic E-state index is 0.560. The van der Waals surface area contributed by atoms with E-state index in [4.69, 9.17) is 0 Å². The first-order chi connectivity index (χ1) is 5.72. The molecule has 0 saturated heterocycles. The van der Waals surface area contributed by atoms with Crippen molar-refractivity contribution in [2.24, 2.45) is 0 Å². The summed E-state index contributed by atoms with van der Waals surface area (Å²) in [5.74, 6) is 0. The fourth-order valence-corrected chi connectivity index (χ4v) is 1.44. The van der Waals surface area contributed by atoms with Crippen LogP contribution in [0.3, 0.4) is 0 Å². The molecule has 1 atom stereocenters. The smallest absolute Gasteiger partial charge is 0.0130 e. The van der Waals surface area contributed by atoms with Gasteiger partial charge in [0, 0.05) is 9.61 Å². The Labute approximate surface area is 87.7 Å². The highest BCUT2D eigenvalue weighted by molar-refractivity contribution is 14.1. The van der Waals surface area contributed by atoms with Crippen LogP contribution in [0.4, 0.5) is 0 Å². The summed E-state index contributed by atoms with van der Waals surface area (Å²) in [6, 6.07) is 9.24. The number of likely N-dealkylation sites (N-methyl/N-ethyl adjacent to an activating group) is 1. The lowest BCUT2D eigenvalue weighted by molar-refractivity contribution is 0.608. The van der Waals surface area contributed by atoms with Crippen LogP contribution in [0.25, 0.3) is 0 Å². The van der Waals surface area contributed by atoms with Crippen molar-refractivity contribution >= 4 is 22.6 Å². The predicted molar refractivity (Wildman–Crippen MR) is 61.4 cm³/mol. The molecule has 2 heteroatoms. The van der Waals surface area contributed by atoms with Gasteiger partial charge in [-0.05, 0) is 60.7 Å². The van der Waals surface area contributed by atoms with E-state index in [0.29, 0.717) is 6.04 Å². The third-order valence-corrected chi connectivity index (χ3v) is 2.67. The molecule has 66 valence electrons. The average molecular weight is 275 g/mol. The third kappa shape index (κ3) is 3.11. The van der Waals surface area contributed by atoms with E-state index in [0.717, 1.165) is 6.42 Å². The summed E-state index contributed by atoms with van der Waals surface area (Å²) in [5, 5.41) is 3.23. The Hall–Kier alpha value is -0.0900. The van der Waals surface area contributed by atoms with E-state index in [1.807, 2.05) is 7.05 Å². The molecule has 0 amide bonds. The summed E-state index contributed by atoms with van der Waals surface area (Å²) in [4.78, 5) is 0. The number of hydrogen-bond acceptors (Lipinski definition) is 1. The molecule has 1 rings (SSSR count). The highest BCUT2D eigenvalue weighted by atomic mass is 127. The molecule has 0 radical (unpaired) electrons. The molecule has 0 aliphatic rings. The maximum atomic E-state index is 3.23. The first-order valence-corrected chi connectivity index (χ1v) is 5.22. The monoisotopic (exact) mass is 275 g/mol. The second kappa shape index (κ2) is 4.82. The number of benzene rings is 1. The van der Waals surface area contributed by atoms with Gasteiger partial charge in [-0.25, -0.2) is 0 Å². The zero-order valence-electron chi connectivity index (χ0n) is 7.47. The molecule has 0 bridgehead atoms. The second-order valence-corrected chi connectivity index (χ2v) is 4.27. The summed E-state index contributed by atoms with van der Waals surface area (Å²) in [7, 11) is 2.00. The standard InChI is InChI=1S/C10H14IN/c1-8(12-2)7-9-3-5-10(11)6-4-9/h3-6,8,12H,7H2,1-2H3. The van der Waals surface area contributed by atoms with Crippen LogP contribution in [0, 0.1) is 3.57 Å². The van der Waals surface area contributed by atoms with Gasteiger partial charge in [-0.2, -0.15) is 0 Å². The van der Waals surface area contributed by atoms with E-state index < -0.39 is 0 Å². The summed E-state index contributed by atoms with van der Waals surface area (Å²) in [6.07, 6.45) is 1.10. The van der Waals surface area contributed by atoms with Gasteiger partial charge < -0.3 is 5.32 Å². The van der Waals surface area contributed by atoms with Crippen LogP contribution in [0.2, 0.25) is 0 Å². The molecule has 1 unspecified atom stereocenters. The van der Waals surface area contributed by atoms with E-state index in [9.17, 15) is 0 Å². The van der Waals surface area contributed by atoms with E-state index in [1.54, 1.807) is 0 Å². The van der Waals surface area contributed by atoms with Crippen LogP contribution >= 0.6 is 22.6 Å². The summed E-state index contributed by atoms with van der Waals surface area (Å²) in [5.41, 5.74) is 1.40. The Morgan fingerprint density at radius 2 is 1.92 bits per heavy atom. The van der Waals surface area contributed by atoms with Crippen LogP contribution in [0.5, 0.6) is 0 Å². The largest absolute Gasteiger partial charge is 0.317 e. The van der Waals surface area contributed by atoms with Gasteiger partial charge in [0.15, 0.2) is 0 Å². The molecule has 0 spiro atoms. The fourth-order valence-electron chi connectivity index (χ4n) is 1.08. The molecule has 0 fully saturated rings. The molecule has 0 heterocycles. The molecule has 1 nitrogen and oxygen atoms in total. The van der Waals surface area contributed by atoms with Crippen LogP contribution < -0.4 is 5.32 Å². The number of rotatable bonds is 3. The Balaban J connectivity index is 2.58. The van der Waals surface area contributed by atoms with E-state index >= 15 is 0 Å². The molecule has 0 saturated carbocycles. The molecule has 12 heavy (non-hydrogen) atoms. The van der Waals surface area contributed by atoms with Crippen molar-refractivity contribution in [3.63, 3.8) is 0 Å². The molecule has 1 N–H and O–H groups in total. The summed E-state index contributed by atoms with van der Waals surface area (Å²) >= 11 is 2.32. The zero-order valence-corrected chi connectivity index (χ0v) is 9.63. The summed E-state index contributed by atoms with van der Waals surface area (Å²) < 4.78 is 1.30. The maximum absolute atomic E-state index is 3.23. The Morgan fingerprint density at radius 3 is 2.42 bits per heavy atom. The highest BCUT2D eigenvalue weighted by Gasteiger charge is 1.99. The van der Waals surface area contributed by atoms with Gasteiger partial charge in [-0.1, -0.05) is 12.1 Å². The molecule has 0 aromatic heterocycles. The highest BCUT2D eigenvalue weighted by Crippen LogP contribution is 2.08. The van der Waals surface area contributed by atoms with Gasteiger partial charge >= 0.3 is 0 Å². The molecule has 0 aliphatic heterocycles. The van der Waals surface area contributed by atoms with Crippen LogP contribution in [0.15, 0.2) is 24.3 Å². The minimum Gasteiger partial charge on any atom is -0.317 e. The molecular weight excluding hydrogens is 261 g/mol. The SMILES string of the molecule is CNC(C)Cc1ccc(I)cc1. The van der Waals surface area contributed by atoms with Crippen molar-refractivity contribution in [3.05, 3.63) is 33.4 Å². The van der Waals surface area contributed by atoms with Crippen molar-refractivity contribution in [2.45, 2.75) is 19.4 Å². The minimum atomic E-state index is 0.560. The second-order valence-electron chi connectivity index (χ2n) is 3.02. The maximum Gasteiger partial charge on any atom is 0.0130 e. The first-order valence-electron chi connectivity index (χ1n) is 4.14. The lowest BCUT2D eigenvalue weighted by atomic mass is 10.1. The quantitative estimate of drug-likeness (QED) is 0.835. The predicted octanol–water partition coefficient (Wildman–Crippen LogP) is 2.44. The van der Waals surface area contributed by atoms with Gasteiger partial charge in [-0.3, -0.25) is 0 Å². The van der Waals surface area contributed by atoms with Crippen molar-refractivity contribution in [2.75, 3.05) is 7.05 Å². The Bertz CT molecular complexity index is 230. The van der Waals surface area contributed by atoms with Gasteiger partial charge in [0.25, 0.3) is 0 Å². The van der Waals surface area contributed by atoms with Crippen molar-refractivity contribution in [1.82, 2.24) is 5.32 Å². The van der Waals surface area contributed by atoms with Crippen LogP contribution in [0.1, 0.15) is 12.5 Å². The molecule has 1 aromatic rings. The molecule has 1 aromatic carbocycles. The first kappa shape index (κ1) is 9.99. The van der Waals surface area contributed by atoms with E-state index in [-0.39, 0.29) is 0 Å². The van der Waals surface area contributed by atoms with E-state index in [1.165, 1.54) is 9.13 Å². The zero-order chi connectivity index (χ0) is 8.97. The Kier molecular flexibility index (Phi) is 4.01. The lowest BCUT2D eigenvalue weighted by Gasteiger charge is -2.09. The third-order valence-electron chi connectivity index (χ3n) is 1.95. The van der Waals surface area contributed by atoms with Gasteiger partial charge in [0.05, 0.1) is 0 Å². The van der Waals surface area contributed by atoms with Crippen molar-refractivity contribution in [3.8, 4) is 0 Å². The molecule has 0 aliphatic carbocycles.